The molecule has 0 bridgehead atoms. The number of alkyl halides is 1. The lowest BCUT2D eigenvalue weighted by Crippen LogP contribution is -2.48. The smallest absolute Gasteiger partial charge is 0.358 e. The van der Waals surface area contributed by atoms with Crippen molar-refractivity contribution in [3.63, 3.8) is 0 Å². The Kier molecular flexibility index (Phi) is 7.24. The lowest BCUT2D eigenvalue weighted by molar-refractivity contribution is -0.176. The predicted octanol–water partition coefficient (Wildman–Crippen LogP) is 0.655. The summed E-state index contributed by atoms with van der Waals surface area (Å²) in [5.74, 6) is -2.94. The standard InChI is InChI=1S/C8H12ClFO6S/c1-3-14-6(11)8(10,5-16-17(9)13)7(12)15-4-2/h3-5H2,1-2H3. The molecule has 1 unspecified atom stereocenters. The molecule has 0 saturated heterocycles. The van der Waals surface area contributed by atoms with Gasteiger partial charge < -0.3 is 9.47 Å². The third-order valence-corrected chi connectivity index (χ3v) is 2.12. The van der Waals surface area contributed by atoms with Crippen molar-refractivity contribution in [2.75, 3.05) is 19.8 Å². The van der Waals surface area contributed by atoms with Gasteiger partial charge in [0.1, 0.15) is 6.61 Å². The quantitative estimate of drug-likeness (QED) is 0.389. The minimum absolute atomic E-state index is 0.131. The second-order valence-corrected chi connectivity index (χ2v) is 4.08. The maximum atomic E-state index is 14.0. The Morgan fingerprint density at radius 1 is 1.24 bits per heavy atom. The van der Waals surface area contributed by atoms with E-state index in [1.165, 1.54) is 13.8 Å². The molecule has 0 saturated carbocycles. The van der Waals surface area contributed by atoms with Gasteiger partial charge in [-0.3, -0.25) is 4.18 Å². The normalized spacial score (nSPS) is 12.9. The van der Waals surface area contributed by atoms with E-state index in [-0.39, 0.29) is 13.2 Å². The summed E-state index contributed by atoms with van der Waals surface area (Å²) < 4.78 is 37.4. The molecular formula is C8H12ClFO6S. The molecule has 0 aromatic rings. The third kappa shape index (κ3) is 4.97. The average molecular weight is 291 g/mol. The van der Waals surface area contributed by atoms with Crippen LogP contribution in [0.2, 0.25) is 0 Å². The van der Waals surface area contributed by atoms with E-state index < -0.39 is 34.5 Å². The van der Waals surface area contributed by atoms with Crippen LogP contribution in [0, 0.1) is 0 Å². The van der Waals surface area contributed by atoms with Crippen LogP contribution < -0.4 is 0 Å². The van der Waals surface area contributed by atoms with Gasteiger partial charge >= 0.3 is 17.6 Å². The molecule has 17 heavy (non-hydrogen) atoms. The highest BCUT2D eigenvalue weighted by molar-refractivity contribution is 8.04. The van der Waals surface area contributed by atoms with Crippen LogP contribution in [-0.4, -0.2) is 41.6 Å². The number of carbonyl (C=O) groups excluding carboxylic acids is 2. The van der Waals surface area contributed by atoms with E-state index in [1.807, 2.05) is 0 Å². The van der Waals surface area contributed by atoms with E-state index in [4.69, 9.17) is 10.7 Å². The number of hydrogen-bond acceptors (Lipinski definition) is 6. The zero-order valence-electron chi connectivity index (χ0n) is 9.23. The van der Waals surface area contributed by atoms with Crippen LogP contribution in [0.3, 0.4) is 0 Å². The van der Waals surface area contributed by atoms with Crippen molar-refractivity contribution in [2.45, 2.75) is 19.5 Å². The average Bonchev–Trinajstić information content (AvgIpc) is 2.26. The minimum atomic E-state index is -3.17. The summed E-state index contributed by atoms with van der Waals surface area (Å²) >= 11 is 0. The maximum absolute atomic E-state index is 14.0. The molecule has 6 nitrogen and oxygen atoms in total. The SMILES string of the molecule is CCOC(=O)C(F)(COS(=O)Cl)C(=O)OCC. The van der Waals surface area contributed by atoms with Crippen molar-refractivity contribution in [1.29, 1.82) is 0 Å². The predicted molar refractivity (Wildman–Crippen MR) is 57.1 cm³/mol. The van der Waals surface area contributed by atoms with Gasteiger partial charge in [-0.25, -0.2) is 18.2 Å². The first-order valence-corrected chi connectivity index (χ1v) is 6.53. The molecule has 0 fully saturated rings. The van der Waals surface area contributed by atoms with Gasteiger partial charge in [0.15, 0.2) is 0 Å². The largest absolute Gasteiger partial charge is 0.463 e. The monoisotopic (exact) mass is 290 g/mol. The topological polar surface area (TPSA) is 78.9 Å². The molecule has 1 atom stereocenters. The van der Waals surface area contributed by atoms with Crippen LogP contribution in [0.4, 0.5) is 4.39 Å². The highest BCUT2D eigenvalue weighted by Crippen LogP contribution is 2.18. The lowest BCUT2D eigenvalue weighted by atomic mass is 10.1. The van der Waals surface area contributed by atoms with E-state index in [2.05, 4.69) is 13.7 Å². The molecule has 0 N–H and O–H groups in total. The highest BCUT2D eigenvalue weighted by Gasteiger charge is 2.51. The minimum Gasteiger partial charge on any atom is -0.463 e. The molecule has 100 valence electrons. The van der Waals surface area contributed by atoms with E-state index in [0.717, 1.165) is 0 Å². The molecule has 0 rings (SSSR count). The molecule has 9 heteroatoms. The molecule has 0 aliphatic rings. The Hall–Kier alpha value is -0.730. The van der Waals surface area contributed by atoms with Gasteiger partial charge in [-0.1, -0.05) is 0 Å². The van der Waals surface area contributed by atoms with Crippen molar-refractivity contribution < 1.29 is 31.8 Å². The Bertz CT molecular complexity index is 292. The summed E-state index contributed by atoms with van der Waals surface area (Å²) in [5.41, 5.74) is -3.17. The van der Waals surface area contributed by atoms with Gasteiger partial charge in [-0.15, -0.1) is 0 Å². The lowest BCUT2D eigenvalue weighted by Gasteiger charge is -2.19. The van der Waals surface area contributed by atoms with E-state index in [1.54, 1.807) is 0 Å². The van der Waals surface area contributed by atoms with E-state index in [9.17, 15) is 18.2 Å². The first-order valence-electron chi connectivity index (χ1n) is 4.63. The van der Waals surface area contributed by atoms with Crippen LogP contribution in [0.1, 0.15) is 13.8 Å². The fourth-order valence-electron chi connectivity index (χ4n) is 0.820. The van der Waals surface area contributed by atoms with Crippen LogP contribution in [0.5, 0.6) is 0 Å². The van der Waals surface area contributed by atoms with Crippen molar-refractivity contribution in [2.24, 2.45) is 0 Å². The first kappa shape index (κ1) is 16.3. The zero-order chi connectivity index (χ0) is 13.5. The second kappa shape index (κ2) is 7.57. The fraction of sp³-hybridized carbons (Fsp3) is 0.750. The number of rotatable bonds is 7. The Morgan fingerprint density at radius 3 is 1.94 bits per heavy atom. The highest BCUT2D eigenvalue weighted by atomic mass is 35.7. The van der Waals surface area contributed by atoms with Crippen LogP contribution in [0.25, 0.3) is 0 Å². The zero-order valence-corrected chi connectivity index (χ0v) is 10.8. The molecule has 0 amide bonds. The van der Waals surface area contributed by atoms with E-state index >= 15 is 0 Å². The summed E-state index contributed by atoms with van der Waals surface area (Å²) in [6.07, 6.45) is 0. The fourth-order valence-corrected chi connectivity index (χ4v) is 1.21. The van der Waals surface area contributed by atoms with Gasteiger partial charge in [0.2, 0.25) is 0 Å². The number of ether oxygens (including phenoxy) is 2. The number of hydrogen-bond donors (Lipinski definition) is 0. The Balaban J connectivity index is 4.85. The third-order valence-electron chi connectivity index (χ3n) is 1.55. The molecule has 0 heterocycles. The number of carbonyl (C=O) groups is 2. The van der Waals surface area contributed by atoms with Gasteiger partial charge in [-0.05, 0) is 13.8 Å². The molecule has 0 aromatic heterocycles. The molecular weight excluding hydrogens is 279 g/mol. The molecule has 0 radical (unpaired) electrons. The molecule has 0 aliphatic heterocycles. The van der Waals surface area contributed by atoms with E-state index in [0.29, 0.717) is 0 Å². The van der Waals surface area contributed by atoms with Crippen LogP contribution in [0.15, 0.2) is 0 Å². The van der Waals surface area contributed by atoms with Crippen molar-refractivity contribution in [3.8, 4) is 0 Å². The number of halogens is 2. The van der Waals surface area contributed by atoms with Crippen molar-refractivity contribution in [1.82, 2.24) is 0 Å². The maximum Gasteiger partial charge on any atom is 0.358 e. The summed E-state index contributed by atoms with van der Waals surface area (Å²) in [7, 11) is 2.59. The van der Waals surface area contributed by atoms with Crippen molar-refractivity contribution >= 4 is 32.9 Å². The van der Waals surface area contributed by atoms with Gasteiger partial charge in [0.05, 0.1) is 13.2 Å². The Morgan fingerprint density at radius 2 is 1.65 bits per heavy atom. The summed E-state index contributed by atoms with van der Waals surface area (Å²) in [6, 6.07) is 0. The molecule has 0 aromatic carbocycles. The summed E-state index contributed by atoms with van der Waals surface area (Å²) in [5, 5.41) is 0. The van der Waals surface area contributed by atoms with Gasteiger partial charge in [-0.2, -0.15) is 0 Å². The second-order valence-electron chi connectivity index (χ2n) is 2.70. The summed E-state index contributed by atoms with van der Waals surface area (Å²) in [4.78, 5) is 22.5. The van der Waals surface area contributed by atoms with Gasteiger partial charge in [0, 0.05) is 10.7 Å². The van der Waals surface area contributed by atoms with Crippen molar-refractivity contribution in [3.05, 3.63) is 0 Å². The Labute approximate surface area is 105 Å². The van der Waals surface area contributed by atoms with Crippen LogP contribution in [-0.2, 0) is 33.5 Å². The molecule has 0 spiro atoms. The van der Waals surface area contributed by atoms with Crippen LogP contribution >= 0.6 is 10.7 Å². The summed E-state index contributed by atoms with van der Waals surface area (Å²) in [6.45, 7) is 1.47. The first-order chi connectivity index (χ1) is 7.88. The molecule has 0 aliphatic carbocycles. The number of esters is 2. The van der Waals surface area contributed by atoms with Gasteiger partial charge in [0.25, 0.3) is 10.3 Å².